The average molecular weight is 309 g/mol. The lowest BCUT2D eigenvalue weighted by Crippen LogP contribution is -2.05. The van der Waals surface area contributed by atoms with Crippen LogP contribution in [0.3, 0.4) is 0 Å². The molecule has 1 aliphatic carbocycles. The SMILES string of the molecule is COc1cc(Br)ccc1C(=O)C1=CCCCCC1. The molecule has 2 nitrogen and oxygen atoms in total. The Kier molecular flexibility index (Phi) is 4.59. The quantitative estimate of drug-likeness (QED) is 0.767. The number of allylic oxidation sites excluding steroid dienone is 2. The molecule has 3 heteroatoms. The zero-order valence-corrected chi connectivity index (χ0v) is 12.1. The number of benzene rings is 1. The summed E-state index contributed by atoms with van der Waals surface area (Å²) in [6.45, 7) is 0. The van der Waals surface area contributed by atoms with Crippen molar-refractivity contribution in [3.05, 3.63) is 39.9 Å². The highest BCUT2D eigenvalue weighted by Gasteiger charge is 2.17. The first kappa shape index (κ1) is 13.3. The fourth-order valence-electron chi connectivity index (χ4n) is 2.25. The van der Waals surface area contributed by atoms with Crippen LogP contribution in [0.1, 0.15) is 42.5 Å². The summed E-state index contributed by atoms with van der Waals surface area (Å²) in [6, 6.07) is 5.55. The van der Waals surface area contributed by atoms with E-state index in [9.17, 15) is 4.79 Å². The monoisotopic (exact) mass is 308 g/mol. The van der Waals surface area contributed by atoms with Gasteiger partial charge in [0.2, 0.25) is 0 Å². The molecule has 0 saturated carbocycles. The van der Waals surface area contributed by atoms with Crippen LogP contribution in [0, 0.1) is 0 Å². The predicted molar refractivity (Wildman–Crippen MR) is 76.2 cm³/mol. The highest BCUT2D eigenvalue weighted by molar-refractivity contribution is 9.10. The van der Waals surface area contributed by atoms with Gasteiger partial charge in [0, 0.05) is 4.47 Å². The van der Waals surface area contributed by atoms with Crippen molar-refractivity contribution in [1.82, 2.24) is 0 Å². The number of halogens is 1. The number of hydrogen-bond acceptors (Lipinski definition) is 2. The molecule has 96 valence electrons. The summed E-state index contributed by atoms with van der Waals surface area (Å²) in [4.78, 5) is 12.5. The molecule has 0 atom stereocenters. The first-order valence-electron chi connectivity index (χ1n) is 6.29. The van der Waals surface area contributed by atoms with Gasteiger partial charge in [0.1, 0.15) is 5.75 Å². The van der Waals surface area contributed by atoms with Gasteiger partial charge in [0.05, 0.1) is 12.7 Å². The van der Waals surface area contributed by atoms with Gasteiger partial charge in [0.15, 0.2) is 5.78 Å². The Balaban J connectivity index is 2.30. The number of carbonyl (C=O) groups is 1. The van der Waals surface area contributed by atoms with E-state index in [4.69, 9.17) is 4.74 Å². The third-order valence-corrected chi connectivity index (χ3v) is 3.73. The third kappa shape index (κ3) is 3.02. The first-order valence-corrected chi connectivity index (χ1v) is 7.09. The summed E-state index contributed by atoms with van der Waals surface area (Å²) in [6.07, 6.45) is 7.50. The highest BCUT2D eigenvalue weighted by atomic mass is 79.9. The minimum atomic E-state index is 0.112. The van der Waals surface area contributed by atoms with Crippen molar-refractivity contribution in [2.24, 2.45) is 0 Å². The number of carbonyl (C=O) groups excluding carboxylic acids is 1. The maximum Gasteiger partial charge on any atom is 0.192 e. The number of hydrogen-bond donors (Lipinski definition) is 0. The van der Waals surface area contributed by atoms with Gasteiger partial charge in [-0.3, -0.25) is 4.79 Å². The van der Waals surface area contributed by atoms with Crippen LogP contribution < -0.4 is 4.74 Å². The van der Waals surface area contributed by atoms with Gasteiger partial charge in [-0.15, -0.1) is 0 Å². The topological polar surface area (TPSA) is 26.3 Å². The Morgan fingerprint density at radius 3 is 2.89 bits per heavy atom. The second-order valence-corrected chi connectivity index (χ2v) is 5.42. The van der Waals surface area contributed by atoms with E-state index >= 15 is 0 Å². The Labute approximate surface area is 116 Å². The second kappa shape index (κ2) is 6.19. The molecule has 0 unspecified atom stereocenters. The van der Waals surface area contributed by atoms with Crippen molar-refractivity contribution in [2.45, 2.75) is 32.1 Å². The normalized spacial score (nSPS) is 15.8. The number of ether oxygens (including phenoxy) is 1. The van der Waals surface area contributed by atoms with Gasteiger partial charge in [-0.1, -0.05) is 28.4 Å². The highest BCUT2D eigenvalue weighted by Crippen LogP contribution is 2.28. The van der Waals surface area contributed by atoms with E-state index < -0.39 is 0 Å². The third-order valence-electron chi connectivity index (χ3n) is 3.24. The molecular weight excluding hydrogens is 292 g/mol. The molecule has 0 amide bonds. The van der Waals surface area contributed by atoms with Gasteiger partial charge < -0.3 is 4.74 Å². The Morgan fingerprint density at radius 1 is 1.28 bits per heavy atom. The molecule has 0 N–H and O–H groups in total. The summed E-state index contributed by atoms with van der Waals surface area (Å²) < 4.78 is 6.21. The molecule has 1 aromatic carbocycles. The molecular formula is C15H17BrO2. The van der Waals surface area contributed by atoms with E-state index in [1.54, 1.807) is 7.11 Å². The number of Topliss-reactive ketones (excluding diaryl/α,β-unsaturated/α-hetero) is 1. The molecule has 2 rings (SSSR count). The molecule has 0 aliphatic heterocycles. The van der Waals surface area contributed by atoms with Crippen molar-refractivity contribution >= 4 is 21.7 Å². The van der Waals surface area contributed by atoms with E-state index in [0.29, 0.717) is 11.3 Å². The summed E-state index contributed by atoms with van der Waals surface area (Å²) in [7, 11) is 1.60. The van der Waals surface area contributed by atoms with Crippen molar-refractivity contribution in [2.75, 3.05) is 7.11 Å². The standard InChI is InChI=1S/C15H17BrO2/c1-18-14-10-12(16)8-9-13(14)15(17)11-6-4-2-3-5-7-11/h6,8-10H,2-5,7H2,1H3. The van der Waals surface area contributed by atoms with Crippen molar-refractivity contribution in [3.8, 4) is 5.75 Å². The predicted octanol–water partition coefficient (Wildman–Crippen LogP) is 4.53. The van der Waals surface area contributed by atoms with Crippen LogP contribution >= 0.6 is 15.9 Å². The second-order valence-electron chi connectivity index (χ2n) is 4.50. The van der Waals surface area contributed by atoms with Crippen LogP contribution in [0.5, 0.6) is 5.75 Å². The maximum atomic E-state index is 12.5. The molecule has 1 aromatic rings. The fraction of sp³-hybridized carbons (Fsp3) is 0.400. The summed E-state index contributed by atoms with van der Waals surface area (Å²) in [5.41, 5.74) is 1.60. The van der Waals surface area contributed by atoms with Crippen LogP contribution in [-0.4, -0.2) is 12.9 Å². The van der Waals surface area contributed by atoms with Crippen LogP contribution in [0.4, 0.5) is 0 Å². The molecule has 0 aromatic heterocycles. The van der Waals surface area contributed by atoms with Gasteiger partial charge in [0.25, 0.3) is 0 Å². The summed E-state index contributed by atoms with van der Waals surface area (Å²) >= 11 is 3.39. The van der Waals surface area contributed by atoms with Crippen LogP contribution in [0.2, 0.25) is 0 Å². The summed E-state index contributed by atoms with van der Waals surface area (Å²) in [5.74, 6) is 0.751. The zero-order chi connectivity index (χ0) is 13.0. The molecule has 1 aliphatic rings. The van der Waals surface area contributed by atoms with Gasteiger partial charge >= 0.3 is 0 Å². The Bertz CT molecular complexity index is 477. The van der Waals surface area contributed by atoms with Crippen LogP contribution in [-0.2, 0) is 0 Å². The van der Waals surface area contributed by atoms with Crippen molar-refractivity contribution in [1.29, 1.82) is 0 Å². The Morgan fingerprint density at radius 2 is 2.11 bits per heavy atom. The molecule has 0 bridgehead atoms. The number of rotatable bonds is 3. The lowest BCUT2D eigenvalue weighted by molar-refractivity contribution is 0.102. The van der Waals surface area contributed by atoms with E-state index in [2.05, 4.69) is 22.0 Å². The number of methoxy groups -OCH3 is 1. The average Bonchev–Trinajstić information content (AvgIpc) is 2.66. The van der Waals surface area contributed by atoms with E-state index in [1.165, 1.54) is 12.8 Å². The molecule has 0 heterocycles. The Hall–Kier alpha value is -1.09. The molecule has 0 spiro atoms. The number of ketones is 1. The van der Waals surface area contributed by atoms with Crippen LogP contribution in [0.15, 0.2) is 34.3 Å². The fourth-order valence-corrected chi connectivity index (χ4v) is 2.59. The minimum absolute atomic E-state index is 0.112. The minimum Gasteiger partial charge on any atom is -0.496 e. The lowest BCUT2D eigenvalue weighted by Gasteiger charge is -2.10. The maximum absolute atomic E-state index is 12.5. The molecule has 18 heavy (non-hydrogen) atoms. The lowest BCUT2D eigenvalue weighted by atomic mass is 9.99. The molecule has 0 radical (unpaired) electrons. The van der Waals surface area contributed by atoms with E-state index in [1.807, 2.05) is 18.2 Å². The molecule has 0 saturated heterocycles. The summed E-state index contributed by atoms with van der Waals surface area (Å²) in [5, 5.41) is 0. The smallest absolute Gasteiger partial charge is 0.192 e. The van der Waals surface area contributed by atoms with Crippen LogP contribution in [0.25, 0.3) is 0 Å². The largest absolute Gasteiger partial charge is 0.496 e. The molecule has 0 fully saturated rings. The first-order chi connectivity index (χ1) is 8.72. The van der Waals surface area contributed by atoms with Gasteiger partial charge in [-0.25, -0.2) is 0 Å². The van der Waals surface area contributed by atoms with Crippen molar-refractivity contribution < 1.29 is 9.53 Å². The van der Waals surface area contributed by atoms with Gasteiger partial charge in [-0.05, 0) is 49.5 Å². The van der Waals surface area contributed by atoms with E-state index in [0.717, 1.165) is 29.3 Å². The zero-order valence-electron chi connectivity index (χ0n) is 10.5. The van der Waals surface area contributed by atoms with Crippen molar-refractivity contribution in [3.63, 3.8) is 0 Å². The van der Waals surface area contributed by atoms with E-state index in [-0.39, 0.29) is 5.78 Å². The van der Waals surface area contributed by atoms with Gasteiger partial charge in [-0.2, -0.15) is 0 Å².